The number of amides is 4. The van der Waals surface area contributed by atoms with Crippen LogP contribution in [0.2, 0.25) is 0 Å². The van der Waals surface area contributed by atoms with E-state index >= 15 is 0 Å². The summed E-state index contributed by atoms with van der Waals surface area (Å²) in [4.78, 5) is 72.3. The number of carbonyl (C=O) groups is 4. The predicted octanol–water partition coefficient (Wildman–Crippen LogP) is 2.20. The molecule has 0 saturated carbocycles. The zero-order valence-corrected chi connectivity index (χ0v) is 26.7. The number of benzene rings is 1. The van der Waals surface area contributed by atoms with E-state index in [9.17, 15) is 19.2 Å². The third-order valence-electron chi connectivity index (χ3n) is 7.23. The molecule has 2 aromatic heterocycles. The third-order valence-corrected chi connectivity index (χ3v) is 8.15. The minimum Gasteiger partial charge on any atom is -0.480 e. The van der Waals surface area contributed by atoms with E-state index in [-0.39, 0.29) is 40.4 Å². The second-order valence-electron chi connectivity index (χ2n) is 10.4. The zero-order chi connectivity index (χ0) is 32.8. The van der Waals surface area contributed by atoms with Crippen molar-refractivity contribution in [1.82, 2.24) is 40.4 Å². The van der Waals surface area contributed by atoms with Gasteiger partial charge in [-0.3, -0.25) is 29.0 Å². The van der Waals surface area contributed by atoms with Gasteiger partial charge in [0, 0.05) is 52.6 Å². The Morgan fingerprint density at radius 3 is 1.83 bits per heavy atom. The molecular formula is C30H33N9O6S. The van der Waals surface area contributed by atoms with Crippen LogP contribution in [0.5, 0.6) is 11.8 Å². The van der Waals surface area contributed by atoms with Gasteiger partial charge in [-0.2, -0.15) is 20.6 Å². The molecule has 16 heteroatoms. The van der Waals surface area contributed by atoms with E-state index in [1.54, 1.807) is 24.3 Å². The molecule has 240 valence electrons. The van der Waals surface area contributed by atoms with E-state index in [1.165, 1.54) is 39.0 Å². The molecule has 0 bridgehead atoms. The maximum Gasteiger partial charge on any atom is 0.261 e. The highest BCUT2D eigenvalue weighted by atomic mass is 32.2. The number of aromatic nitrogens is 4. The molecule has 1 saturated heterocycles. The molecule has 0 N–H and O–H groups in total. The fourth-order valence-corrected chi connectivity index (χ4v) is 5.99. The molecule has 4 amide bonds. The smallest absolute Gasteiger partial charge is 0.261 e. The Bertz CT molecular complexity index is 1550. The maximum absolute atomic E-state index is 12.6. The Morgan fingerprint density at radius 1 is 0.804 bits per heavy atom. The number of anilines is 1. The number of unbranched alkanes of at least 4 members (excludes halogenated alkanes) is 1. The summed E-state index contributed by atoms with van der Waals surface area (Å²) < 4.78 is 11.2. The molecule has 2 aliphatic heterocycles. The first kappa shape index (κ1) is 32.6. The highest BCUT2D eigenvalue weighted by Crippen LogP contribution is 2.40. The molecule has 0 spiro atoms. The number of methoxy groups -OCH3 is 2. The number of nitrogens with zero attached hydrogens (tertiary/aromatic N) is 9. The molecule has 46 heavy (non-hydrogen) atoms. The molecule has 1 aromatic carbocycles. The Morgan fingerprint density at radius 2 is 1.33 bits per heavy atom. The highest BCUT2D eigenvalue weighted by Gasteiger charge is 2.34. The van der Waals surface area contributed by atoms with Crippen LogP contribution < -0.4 is 25.0 Å². The van der Waals surface area contributed by atoms with E-state index in [1.807, 2.05) is 4.90 Å². The van der Waals surface area contributed by atoms with Crippen LogP contribution in [-0.4, -0.2) is 107 Å². The lowest BCUT2D eigenvalue weighted by Crippen LogP contribution is -2.47. The number of rotatable bonds is 12. The van der Waals surface area contributed by atoms with Gasteiger partial charge in [0.05, 0.1) is 25.3 Å². The van der Waals surface area contributed by atoms with Crippen LogP contribution in [-0.2, 0) is 9.59 Å². The van der Waals surface area contributed by atoms with Gasteiger partial charge < -0.3 is 14.4 Å². The summed E-state index contributed by atoms with van der Waals surface area (Å²) in [7, 11) is 2.96. The summed E-state index contributed by atoms with van der Waals surface area (Å²) in [5, 5.41) is 7.83. The average Bonchev–Trinajstić information content (AvgIpc) is 3.27. The van der Waals surface area contributed by atoms with Crippen molar-refractivity contribution in [2.45, 2.75) is 36.7 Å². The normalized spacial score (nSPS) is 14.7. The number of ether oxygens (including phenoxy) is 2. The molecule has 0 unspecified atom stereocenters. The third kappa shape index (κ3) is 7.51. The summed E-state index contributed by atoms with van der Waals surface area (Å²) in [5.74, 6) is -0.333. The van der Waals surface area contributed by atoms with E-state index in [0.717, 1.165) is 44.2 Å². The molecular weight excluding hydrogens is 614 g/mol. The molecule has 5 rings (SSSR count). The number of hydrogen-bond acceptors (Lipinski definition) is 13. The predicted molar refractivity (Wildman–Crippen MR) is 166 cm³/mol. The fraction of sp³-hybridized carbons (Fsp3) is 0.400. The summed E-state index contributed by atoms with van der Waals surface area (Å²) in [6.45, 7) is 6.72. The van der Waals surface area contributed by atoms with Crippen molar-refractivity contribution in [2.75, 3.05) is 58.4 Å². The fourth-order valence-electron chi connectivity index (χ4n) is 5.10. The van der Waals surface area contributed by atoms with Crippen LogP contribution in [0.15, 0.2) is 40.4 Å². The van der Waals surface area contributed by atoms with Crippen LogP contribution >= 0.6 is 11.8 Å². The van der Waals surface area contributed by atoms with Crippen LogP contribution in [0.25, 0.3) is 0 Å². The van der Waals surface area contributed by atoms with Gasteiger partial charge in [0.2, 0.25) is 29.5 Å². The topological polar surface area (TPSA) is 176 Å². The van der Waals surface area contributed by atoms with Crippen LogP contribution in [0.4, 0.5) is 17.6 Å². The number of piperazine rings is 1. The molecule has 4 heterocycles. The Labute approximate surface area is 270 Å². The lowest BCUT2D eigenvalue weighted by atomic mass is 10.1. The van der Waals surface area contributed by atoms with Crippen molar-refractivity contribution in [3.05, 3.63) is 41.5 Å². The number of fused-ring (bicyclic) bond motifs is 1. The average molecular weight is 648 g/mol. The second kappa shape index (κ2) is 14.5. The summed E-state index contributed by atoms with van der Waals surface area (Å²) in [6.07, 6.45) is 1.57. The molecule has 3 aromatic rings. The van der Waals surface area contributed by atoms with E-state index < -0.39 is 11.8 Å². The van der Waals surface area contributed by atoms with E-state index in [4.69, 9.17) is 9.47 Å². The molecule has 2 radical (unpaired) electrons. The van der Waals surface area contributed by atoms with Crippen molar-refractivity contribution in [3.8, 4) is 11.8 Å². The number of carbonyl (C=O) groups excluding carboxylic acids is 4. The van der Waals surface area contributed by atoms with Crippen molar-refractivity contribution in [1.29, 1.82) is 0 Å². The van der Waals surface area contributed by atoms with E-state index in [0.29, 0.717) is 41.6 Å². The SMILES string of the molecule is COc1nc(N2CCN(CCCCN3C(=O)c4ccccc4C3=O)CC2)nc(OC)c1Sc1nc([N]C(C)=O)cc([N]C(C)=O)n1. The quantitative estimate of drug-likeness (QED) is 0.159. The van der Waals surface area contributed by atoms with Crippen LogP contribution in [0.1, 0.15) is 47.4 Å². The van der Waals surface area contributed by atoms with Gasteiger partial charge in [0.25, 0.3) is 11.8 Å². The Hall–Kier alpha value is -4.83. The van der Waals surface area contributed by atoms with Crippen LogP contribution in [0, 0.1) is 0 Å². The standard InChI is InChI=1S/C30H33N9O6S/c1-18(40)31-22-17-23(32-19(2)41)34-30(33-22)46-24-25(44-3)35-29(36-26(24)45-4)38-15-13-37(14-16-38)11-7-8-12-39-27(42)20-9-5-6-10-21(20)28(39)43/h5-6,9-10,17H,7-8,11-16H2,1-4H3. The molecule has 0 atom stereocenters. The van der Waals surface area contributed by atoms with E-state index in [2.05, 4.69) is 35.5 Å². The number of imide groups is 1. The second-order valence-corrected chi connectivity index (χ2v) is 11.4. The van der Waals surface area contributed by atoms with Crippen molar-refractivity contribution >= 4 is 53.0 Å². The minimum atomic E-state index is -0.465. The maximum atomic E-state index is 12.6. The molecule has 0 aliphatic carbocycles. The lowest BCUT2D eigenvalue weighted by Gasteiger charge is -2.35. The van der Waals surface area contributed by atoms with Gasteiger partial charge >= 0.3 is 0 Å². The van der Waals surface area contributed by atoms with Gasteiger partial charge in [-0.05, 0) is 43.3 Å². The van der Waals surface area contributed by atoms with Gasteiger partial charge in [0.15, 0.2) is 16.8 Å². The largest absolute Gasteiger partial charge is 0.480 e. The summed E-state index contributed by atoms with van der Waals surface area (Å²) in [5.41, 5.74) is 0.951. The zero-order valence-electron chi connectivity index (χ0n) is 25.9. The number of hydrogen-bond donors (Lipinski definition) is 0. The first-order valence-electron chi connectivity index (χ1n) is 14.6. The van der Waals surface area contributed by atoms with Crippen molar-refractivity contribution in [3.63, 3.8) is 0 Å². The summed E-state index contributed by atoms with van der Waals surface area (Å²) in [6, 6.07) is 8.27. The minimum absolute atomic E-state index is 0.0573. The van der Waals surface area contributed by atoms with Gasteiger partial charge in [-0.25, -0.2) is 9.97 Å². The van der Waals surface area contributed by atoms with Crippen LogP contribution in [0.3, 0.4) is 0 Å². The van der Waals surface area contributed by atoms with Crippen molar-refractivity contribution in [2.24, 2.45) is 0 Å². The van der Waals surface area contributed by atoms with Gasteiger partial charge in [-0.15, -0.1) is 0 Å². The summed E-state index contributed by atoms with van der Waals surface area (Å²) >= 11 is 1.03. The Kier molecular flexibility index (Phi) is 10.3. The first-order valence-corrected chi connectivity index (χ1v) is 15.4. The van der Waals surface area contributed by atoms with Crippen molar-refractivity contribution < 1.29 is 28.7 Å². The molecule has 2 aliphatic rings. The highest BCUT2D eigenvalue weighted by molar-refractivity contribution is 7.99. The lowest BCUT2D eigenvalue weighted by molar-refractivity contribution is -0.118. The molecule has 15 nitrogen and oxygen atoms in total. The monoisotopic (exact) mass is 647 g/mol. The first-order chi connectivity index (χ1) is 22.2. The molecule has 1 fully saturated rings. The van der Waals surface area contributed by atoms with Gasteiger partial charge in [-0.1, -0.05) is 12.1 Å². The Balaban J connectivity index is 1.19. The van der Waals surface area contributed by atoms with Gasteiger partial charge in [0.1, 0.15) is 4.90 Å².